The fourth-order valence-corrected chi connectivity index (χ4v) is 2.99. The van der Waals surface area contributed by atoms with Gasteiger partial charge in [-0.3, -0.25) is 0 Å². The van der Waals surface area contributed by atoms with Crippen LogP contribution in [0.3, 0.4) is 0 Å². The summed E-state index contributed by atoms with van der Waals surface area (Å²) in [6.07, 6.45) is 3.42. The summed E-state index contributed by atoms with van der Waals surface area (Å²) in [5.74, 6) is 0.910. The number of halogens is 1. The molecule has 3 nitrogen and oxygen atoms in total. The number of hydrogen-bond acceptors (Lipinski definition) is 4. The summed E-state index contributed by atoms with van der Waals surface area (Å²) in [7, 11) is 0. The minimum atomic E-state index is 0.306. The molecule has 19 heavy (non-hydrogen) atoms. The first-order valence-electron chi connectivity index (χ1n) is 6.53. The second-order valence-corrected chi connectivity index (χ2v) is 5.73. The van der Waals surface area contributed by atoms with Crippen LogP contribution in [-0.4, -0.2) is 16.5 Å². The molecule has 2 aromatic heterocycles. The smallest absolute Gasteiger partial charge is 0.224 e. The standard InChI is InChI=1S/C11H10ClN3S.C3H8/c1-7-3-2-5-15(7)10-9-8(4-6-16-9)13-11(12)14-10;1-3-2/h4,6H,1-3,5H2;3H2,1-2H3. The Hall–Kier alpha value is -1.13. The van der Waals surface area contributed by atoms with E-state index < -0.39 is 0 Å². The molecule has 0 aromatic carbocycles. The van der Waals surface area contributed by atoms with Crippen LogP contribution >= 0.6 is 22.9 Å². The van der Waals surface area contributed by atoms with E-state index >= 15 is 0 Å². The van der Waals surface area contributed by atoms with Crippen molar-refractivity contribution >= 4 is 39.0 Å². The first-order chi connectivity index (χ1) is 9.17. The highest BCUT2D eigenvalue weighted by Gasteiger charge is 2.21. The van der Waals surface area contributed by atoms with E-state index in [9.17, 15) is 0 Å². The maximum absolute atomic E-state index is 5.93. The number of thiophene rings is 1. The van der Waals surface area contributed by atoms with Crippen molar-refractivity contribution in [1.29, 1.82) is 0 Å². The van der Waals surface area contributed by atoms with Crippen LogP contribution in [0.5, 0.6) is 0 Å². The van der Waals surface area contributed by atoms with Gasteiger partial charge < -0.3 is 4.90 Å². The van der Waals surface area contributed by atoms with Crippen LogP contribution < -0.4 is 4.90 Å². The summed E-state index contributed by atoms with van der Waals surface area (Å²) in [4.78, 5) is 10.7. The van der Waals surface area contributed by atoms with Gasteiger partial charge >= 0.3 is 0 Å². The molecule has 102 valence electrons. The van der Waals surface area contributed by atoms with E-state index in [0.717, 1.165) is 41.1 Å². The molecule has 3 heterocycles. The lowest BCUT2D eigenvalue weighted by Crippen LogP contribution is -2.17. The van der Waals surface area contributed by atoms with Gasteiger partial charge in [0, 0.05) is 12.2 Å². The average Bonchev–Trinajstić information content (AvgIpc) is 2.97. The summed E-state index contributed by atoms with van der Waals surface area (Å²) in [6.45, 7) is 9.28. The predicted molar refractivity (Wildman–Crippen MR) is 84.1 cm³/mol. The van der Waals surface area contributed by atoms with E-state index in [1.165, 1.54) is 6.42 Å². The van der Waals surface area contributed by atoms with Gasteiger partial charge in [0.25, 0.3) is 0 Å². The van der Waals surface area contributed by atoms with Crippen molar-refractivity contribution in [2.45, 2.75) is 33.1 Å². The fraction of sp³-hybridized carbons (Fsp3) is 0.429. The van der Waals surface area contributed by atoms with Gasteiger partial charge in [-0.1, -0.05) is 26.8 Å². The lowest BCUT2D eigenvalue weighted by molar-refractivity contribution is 0.946. The molecule has 1 saturated heterocycles. The maximum atomic E-state index is 5.93. The predicted octanol–water partition coefficient (Wildman–Crippen LogP) is 4.87. The number of nitrogens with zero attached hydrogens (tertiary/aromatic N) is 3. The molecule has 3 rings (SSSR count). The van der Waals surface area contributed by atoms with E-state index in [1.54, 1.807) is 11.3 Å². The molecule has 2 aromatic rings. The van der Waals surface area contributed by atoms with Gasteiger partial charge in [0.1, 0.15) is 0 Å². The van der Waals surface area contributed by atoms with Crippen LogP contribution in [0.2, 0.25) is 5.28 Å². The van der Waals surface area contributed by atoms with Gasteiger partial charge in [-0.2, -0.15) is 4.98 Å². The molecular formula is C14H18ClN3S. The van der Waals surface area contributed by atoms with Crippen molar-refractivity contribution in [2.24, 2.45) is 0 Å². The molecule has 1 fully saturated rings. The van der Waals surface area contributed by atoms with Gasteiger partial charge in [0.2, 0.25) is 5.28 Å². The van der Waals surface area contributed by atoms with Gasteiger partial charge in [-0.25, -0.2) is 4.98 Å². The van der Waals surface area contributed by atoms with Crippen LogP contribution in [0.1, 0.15) is 33.1 Å². The summed E-state index contributed by atoms with van der Waals surface area (Å²) < 4.78 is 1.09. The average molecular weight is 296 g/mol. The van der Waals surface area contributed by atoms with Crippen molar-refractivity contribution in [3.05, 3.63) is 29.0 Å². The highest BCUT2D eigenvalue weighted by molar-refractivity contribution is 7.17. The SMILES string of the molecule is C=C1CCCN1c1nc(Cl)nc2ccsc12.CCC. The Morgan fingerprint density at radius 2 is 2.16 bits per heavy atom. The minimum absolute atomic E-state index is 0.306. The van der Waals surface area contributed by atoms with Crippen LogP contribution in [-0.2, 0) is 0 Å². The number of allylic oxidation sites excluding steroid dienone is 1. The van der Waals surface area contributed by atoms with E-state index in [0.29, 0.717) is 5.28 Å². The number of rotatable bonds is 1. The van der Waals surface area contributed by atoms with Gasteiger partial charge in [0.15, 0.2) is 5.82 Å². The zero-order chi connectivity index (χ0) is 13.8. The third-order valence-electron chi connectivity index (χ3n) is 2.74. The molecule has 0 atom stereocenters. The Bertz CT molecular complexity index is 579. The fourth-order valence-electron chi connectivity index (χ4n) is 1.99. The molecular weight excluding hydrogens is 278 g/mol. The Kier molecular flexibility index (Phi) is 4.77. The summed E-state index contributed by atoms with van der Waals surface area (Å²) >= 11 is 7.58. The number of hydrogen-bond donors (Lipinski definition) is 0. The normalized spacial score (nSPS) is 14.7. The van der Waals surface area contributed by atoms with E-state index in [4.69, 9.17) is 11.6 Å². The minimum Gasteiger partial charge on any atom is -0.329 e. The highest BCUT2D eigenvalue weighted by Crippen LogP contribution is 2.34. The van der Waals surface area contributed by atoms with Gasteiger partial charge in [-0.15, -0.1) is 11.3 Å². The van der Waals surface area contributed by atoms with Crippen LogP contribution in [0.25, 0.3) is 10.2 Å². The van der Waals surface area contributed by atoms with E-state index in [-0.39, 0.29) is 0 Å². The molecule has 0 aliphatic carbocycles. The van der Waals surface area contributed by atoms with E-state index in [2.05, 4.69) is 35.3 Å². The van der Waals surface area contributed by atoms with Crippen molar-refractivity contribution < 1.29 is 0 Å². The summed E-state index contributed by atoms with van der Waals surface area (Å²) in [5.41, 5.74) is 2.03. The molecule has 0 bridgehead atoms. The van der Waals surface area contributed by atoms with Gasteiger partial charge in [-0.05, 0) is 35.9 Å². The zero-order valence-corrected chi connectivity index (χ0v) is 12.9. The molecule has 1 aliphatic heterocycles. The Balaban J connectivity index is 0.000000408. The molecule has 0 amide bonds. The zero-order valence-electron chi connectivity index (χ0n) is 11.3. The first kappa shape index (κ1) is 14.3. The number of fused-ring (bicyclic) bond motifs is 1. The molecule has 5 heteroatoms. The van der Waals surface area contributed by atoms with Crippen LogP contribution in [0.15, 0.2) is 23.7 Å². The molecule has 0 radical (unpaired) electrons. The molecule has 0 unspecified atom stereocenters. The van der Waals surface area contributed by atoms with Crippen molar-refractivity contribution in [3.63, 3.8) is 0 Å². The number of aromatic nitrogens is 2. The summed E-state index contributed by atoms with van der Waals surface area (Å²) in [5, 5.41) is 2.32. The van der Waals surface area contributed by atoms with Crippen molar-refractivity contribution in [2.75, 3.05) is 11.4 Å². The highest BCUT2D eigenvalue weighted by atomic mass is 35.5. The second-order valence-electron chi connectivity index (χ2n) is 4.48. The lowest BCUT2D eigenvalue weighted by Gasteiger charge is -2.18. The second kappa shape index (κ2) is 6.35. The molecule has 0 spiro atoms. The molecule has 0 N–H and O–H groups in total. The van der Waals surface area contributed by atoms with Crippen LogP contribution in [0, 0.1) is 0 Å². The van der Waals surface area contributed by atoms with E-state index in [1.807, 2.05) is 11.4 Å². The molecule has 0 saturated carbocycles. The maximum Gasteiger partial charge on any atom is 0.224 e. The summed E-state index contributed by atoms with van der Waals surface area (Å²) in [6, 6.07) is 1.97. The first-order valence-corrected chi connectivity index (χ1v) is 7.79. The Labute approximate surface area is 122 Å². The van der Waals surface area contributed by atoms with Gasteiger partial charge in [0.05, 0.1) is 10.2 Å². The Morgan fingerprint density at radius 1 is 1.42 bits per heavy atom. The molecule has 1 aliphatic rings. The third-order valence-corrected chi connectivity index (χ3v) is 3.81. The quantitative estimate of drug-likeness (QED) is 0.703. The Morgan fingerprint density at radius 3 is 2.79 bits per heavy atom. The van der Waals surface area contributed by atoms with Crippen molar-refractivity contribution in [3.8, 4) is 0 Å². The lowest BCUT2D eigenvalue weighted by atomic mass is 10.3. The van der Waals surface area contributed by atoms with Crippen molar-refractivity contribution in [1.82, 2.24) is 9.97 Å². The topological polar surface area (TPSA) is 29.0 Å². The largest absolute Gasteiger partial charge is 0.329 e. The third kappa shape index (κ3) is 3.07. The monoisotopic (exact) mass is 295 g/mol. The number of anilines is 1. The van der Waals surface area contributed by atoms with Crippen LogP contribution in [0.4, 0.5) is 5.82 Å².